The average Bonchev–Trinajstić information content (AvgIpc) is 3.32. The number of ether oxygens (including phenoxy) is 3. The van der Waals surface area contributed by atoms with Crippen molar-refractivity contribution in [3.63, 3.8) is 0 Å². The van der Waals surface area contributed by atoms with Gasteiger partial charge in [-0.3, -0.25) is 19.4 Å². The van der Waals surface area contributed by atoms with Crippen molar-refractivity contribution in [2.24, 2.45) is 28.3 Å². The third kappa shape index (κ3) is 17.7. The van der Waals surface area contributed by atoms with Gasteiger partial charge in [-0.1, -0.05) is 119 Å². The molecule has 5 rings (SSSR count). The molecule has 0 aromatic heterocycles. The van der Waals surface area contributed by atoms with Crippen molar-refractivity contribution in [1.29, 1.82) is 0 Å². The van der Waals surface area contributed by atoms with Gasteiger partial charge in [0.15, 0.2) is 12.6 Å². The largest absolute Gasteiger partial charge is 0.493 e. The van der Waals surface area contributed by atoms with Gasteiger partial charge in [-0.25, -0.2) is 4.79 Å². The summed E-state index contributed by atoms with van der Waals surface area (Å²) in [7, 11) is 1.56. The minimum atomic E-state index is -1.08. The molecular formula is C53H71Cl2N7O7. The molecule has 0 fully saturated rings. The molecule has 5 aromatic rings. The SMILES string of the molecule is CN=C(N)NCCC[C@@H](NC(=O)[C@@H](CCCCN)NC(=O)COc1ccc2ccccc2c1-c1c(OCCC(C)C)ccc2ccccc12)C(=O)N[C@@H](CC(C)C)C(=O)OCc1ccccc1.Cl.Cl. The highest BCUT2D eigenvalue weighted by Crippen LogP contribution is 2.45. The third-order valence-corrected chi connectivity index (χ3v) is 11.3. The zero-order valence-corrected chi connectivity index (χ0v) is 42.1. The van der Waals surface area contributed by atoms with E-state index in [9.17, 15) is 19.2 Å². The summed E-state index contributed by atoms with van der Waals surface area (Å²) in [5, 5.41) is 15.5. The van der Waals surface area contributed by atoms with Crippen LogP contribution in [0.4, 0.5) is 0 Å². The van der Waals surface area contributed by atoms with Gasteiger partial charge in [-0.15, -0.1) is 24.8 Å². The van der Waals surface area contributed by atoms with E-state index in [4.69, 9.17) is 25.7 Å². The van der Waals surface area contributed by atoms with Crippen molar-refractivity contribution in [2.75, 3.05) is 33.4 Å². The summed E-state index contributed by atoms with van der Waals surface area (Å²) in [6.45, 7) is 9.14. The number of halogens is 2. The Morgan fingerprint density at radius 1 is 0.623 bits per heavy atom. The van der Waals surface area contributed by atoms with Gasteiger partial charge in [-0.2, -0.15) is 0 Å². The molecule has 0 saturated carbocycles. The number of carbonyl (C=O) groups is 4. The van der Waals surface area contributed by atoms with Gasteiger partial charge in [0.2, 0.25) is 11.8 Å². The van der Waals surface area contributed by atoms with Crippen molar-refractivity contribution in [1.82, 2.24) is 21.3 Å². The van der Waals surface area contributed by atoms with Crippen molar-refractivity contribution in [2.45, 2.75) is 97.4 Å². The van der Waals surface area contributed by atoms with Crippen molar-refractivity contribution < 1.29 is 33.4 Å². The molecule has 5 aromatic carbocycles. The number of hydrogen-bond acceptors (Lipinski definition) is 9. The molecule has 0 radical (unpaired) electrons. The van der Waals surface area contributed by atoms with Crippen LogP contribution in [0.25, 0.3) is 32.7 Å². The van der Waals surface area contributed by atoms with Gasteiger partial charge in [0.05, 0.1) is 6.61 Å². The Labute approximate surface area is 419 Å². The molecule has 0 unspecified atom stereocenters. The number of guanidine groups is 1. The first kappa shape index (κ1) is 57.2. The summed E-state index contributed by atoms with van der Waals surface area (Å²) in [6.07, 6.45) is 3.18. The fourth-order valence-electron chi connectivity index (χ4n) is 7.73. The van der Waals surface area contributed by atoms with Crippen LogP contribution >= 0.6 is 24.8 Å². The number of benzene rings is 5. The molecule has 69 heavy (non-hydrogen) atoms. The fourth-order valence-corrected chi connectivity index (χ4v) is 7.73. The molecule has 8 N–H and O–H groups in total. The lowest BCUT2D eigenvalue weighted by Crippen LogP contribution is -2.56. The second kappa shape index (κ2) is 29.7. The first-order valence-electron chi connectivity index (χ1n) is 23.4. The van der Waals surface area contributed by atoms with Crippen LogP contribution in [-0.4, -0.2) is 81.1 Å². The highest BCUT2D eigenvalue weighted by Gasteiger charge is 2.31. The monoisotopic (exact) mass is 987 g/mol. The Kier molecular flexibility index (Phi) is 24.7. The number of unbranched alkanes of at least 4 members (excludes halogenated alkanes) is 1. The maximum absolute atomic E-state index is 14.2. The molecule has 0 aliphatic carbocycles. The van der Waals surface area contributed by atoms with E-state index < -0.39 is 48.4 Å². The quantitative estimate of drug-likeness (QED) is 0.0136. The van der Waals surface area contributed by atoms with Gasteiger partial charge in [0, 0.05) is 24.7 Å². The molecule has 374 valence electrons. The Bertz CT molecular complexity index is 2440. The summed E-state index contributed by atoms with van der Waals surface area (Å²) < 4.78 is 18.5. The Hall–Kier alpha value is -6.09. The standard InChI is InChI=1S/C53H69N7O7.2ClH/c1-35(2)28-31-65-45-26-24-38-18-9-11-20-40(38)48(45)49-41-21-12-10-19-39(41)25-27-46(49)66-34-47(61)58-42(22-13-14-29-54)50(62)59-43(23-15-30-57-53(55)56-5)51(63)60-44(32-36(3)4)52(64)67-33-37-16-7-6-8-17-37;;/h6-12,16-21,24-27,35-36,42-44H,13-15,22-23,28-34,54H2,1-5H3,(H,58,61)(H,59,62)(H,60,63)(H3,55,56,57);2*1H/t42-,43-,44+;;/m1../s1. The van der Waals surface area contributed by atoms with E-state index in [1.807, 2.05) is 105 Å². The van der Waals surface area contributed by atoms with Crippen molar-refractivity contribution in [3.8, 4) is 22.6 Å². The van der Waals surface area contributed by atoms with Crippen LogP contribution in [0.2, 0.25) is 0 Å². The number of nitrogens with two attached hydrogens (primary N) is 2. The molecule has 3 amide bonds. The van der Waals surface area contributed by atoms with Crippen LogP contribution in [0.5, 0.6) is 11.5 Å². The summed E-state index contributed by atoms with van der Waals surface area (Å²) in [4.78, 5) is 59.6. The van der Waals surface area contributed by atoms with Gasteiger partial charge in [0.25, 0.3) is 5.91 Å². The predicted octanol–water partition coefficient (Wildman–Crippen LogP) is 7.99. The topological polar surface area (TPSA) is 208 Å². The van der Waals surface area contributed by atoms with E-state index in [1.165, 1.54) is 0 Å². The molecule has 0 saturated heterocycles. The summed E-state index contributed by atoms with van der Waals surface area (Å²) in [5.41, 5.74) is 14.1. The van der Waals surface area contributed by atoms with E-state index in [2.05, 4.69) is 52.2 Å². The molecule has 0 aliphatic heterocycles. The van der Waals surface area contributed by atoms with Crippen LogP contribution in [0, 0.1) is 11.8 Å². The lowest BCUT2D eigenvalue weighted by atomic mass is 9.92. The number of hydrogen-bond donors (Lipinski definition) is 6. The first-order valence-corrected chi connectivity index (χ1v) is 23.4. The second-order valence-electron chi connectivity index (χ2n) is 17.6. The van der Waals surface area contributed by atoms with Gasteiger partial charge >= 0.3 is 5.97 Å². The van der Waals surface area contributed by atoms with E-state index in [0.29, 0.717) is 62.8 Å². The first-order chi connectivity index (χ1) is 32.4. The van der Waals surface area contributed by atoms with Crippen LogP contribution in [0.3, 0.4) is 0 Å². The number of nitrogens with one attached hydrogen (secondary N) is 4. The molecule has 0 spiro atoms. The zero-order valence-electron chi connectivity index (χ0n) is 40.5. The lowest BCUT2D eigenvalue weighted by Gasteiger charge is -2.26. The van der Waals surface area contributed by atoms with E-state index >= 15 is 0 Å². The normalized spacial score (nSPS) is 12.6. The zero-order chi connectivity index (χ0) is 48.1. The van der Waals surface area contributed by atoms with Gasteiger partial charge < -0.3 is 46.9 Å². The van der Waals surface area contributed by atoms with Crippen molar-refractivity contribution in [3.05, 3.63) is 109 Å². The van der Waals surface area contributed by atoms with E-state index in [-0.39, 0.29) is 56.1 Å². The number of aliphatic imine (C=N–C) groups is 1. The summed E-state index contributed by atoms with van der Waals surface area (Å²) >= 11 is 0. The molecule has 0 heterocycles. The number of rotatable bonds is 26. The van der Waals surface area contributed by atoms with Crippen molar-refractivity contribution >= 4 is 76.0 Å². The maximum atomic E-state index is 14.2. The lowest BCUT2D eigenvalue weighted by molar-refractivity contribution is -0.150. The number of amides is 3. The minimum absolute atomic E-state index is 0. The Morgan fingerprint density at radius 2 is 1.17 bits per heavy atom. The molecule has 0 bridgehead atoms. The van der Waals surface area contributed by atoms with E-state index in [0.717, 1.165) is 44.7 Å². The Balaban J connectivity index is 0.00000630. The number of fused-ring (bicyclic) bond motifs is 2. The van der Waals surface area contributed by atoms with Crippen LogP contribution in [0.15, 0.2) is 108 Å². The summed E-state index contributed by atoms with van der Waals surface area (Å²) in [5.74, 6) is -0.338. The van der Waals surface area contributed by atoms with Gasteiger partial charge in [0.1, 0.15) is 36.2 Å². The molecular weight excluding hydrogens is 918 g/mol. The molecule has 0 aliphatic rings. The van der Waals surface area contributed by atoms with Gasteiger partial charge in [-0.05, 0) is 103 Å². The number of nitrogens with zero attached hydrogens (tertiary/aromatic N) is 1. The maximum Gasteiger partial charge on any atom is 0.328 e. The fraction of sp³-hybridized carbons (Fsp3) is 0.415. The highest BCUT2D eigenvalue weighted by atomic mass is 35.5. The van der Waals surface area contributed by atoms with Crippen LogP contribution in [-0.2, 0) is 30.5 Å². The molecule has 14 nitrogen and oxygen atoms in total. The van der Waals surface area contributed by atoms with Crippen LogP contribution in [0.1, 0.15) is 78.2 Å². The molecule has 16 heteroatoms. The van der Waals surface area contributed by atoms with Crippen LogP contribution < -0.4 is 42.2 Å². The number of carbonyl (C=O) groups excluding carboxylic acids is 4. The predicted molar refractivity (Wildman–Crippen MR) is 281 cm³/mol. The highest BCUT2D eigenvalue weighted by molar-refractivity contribution is 6.10. The summed E-state index contributed by atoms with van der Waals surface area (Å²) in [6, 6.07) is 30.2. The molecule has 3 atom stereocenters. The smallest absolute Gasteiger partial charge is 0.328 e. The Morgan fingerprint density at radius 3 is 1.75 bits per heavy atom. The minimum Gasteiger partial charge on any atom is -0.493 e. The van der Waals surface area contributed by atoms with E-state index in [1.54, 1.807) is 7.05 Å². The average molecular weight is 989 g/mol. The second-order valence-corrected chi connectivity index (χ2v) is 17.6. The third-order valence-electron chi connectivity index (χ3n) is 11.3. The number of esters is 1.